The molecule has 2 atom stereocenters. The van der Waals surface area contributed by atoms with E-state index in [9.17, 15) is 19.7 Å². The Bertz CT molecular complexity index is 720. The van der Waals surface area contributed by atoms with Gasteiger partial charge in [0.2, 0.25) is 0 Å². The predicted molar refractivity (Wildman–Crippen MR) is 96.0 cm³/mol. The van der Waals surface area contributed by atoms with E-state index in [-0.39, 0.29) is 47.1 Å². The lowest BCUT2D eigenvalue weighted by Gasteiger charge is -2.29. The Morgan fingerprint density at radius 1 is 1.15 bits per heavy atom. The summed E-state index contributed by atoms with van der Waals surface area (Å²) in [6, 6.07) is 2.44. The summed E-state index contributed by atoms with van der Waals surface area (Å²) in [4.78, 5) is 35.2. The van der Waals surface area contributed by atoms with Gasteiger partial charge in [-0.1, -0.05) is 12.8 Å². The minimum Gasteiger partial charge on any atom is -0.493 e. The zero-order valence-electron chi connectivity index (χ0n) is 15.6. The second-order valence-electron chi connectivity index (χ2n) is 6.37. The molecule has 0 radical (unpaired) electrons. The largest absolute Gasteiger partial charge is 0.493 e. The van der Waals surface area contributed by atoms with Crippen LogP contribution < -0.4 is 14.8 Å². The number of benzene rings is 1. The number of nitrogens with zero attached hydrogens (tertiary/aromatic N) is 1. The first-order valence-corrected chi connectivity index (χ1v) is 8.69. The maximum absolute atomic E-state index is 12.6. The van der Waals surface area contributed by atoms with Gasteiger partial charge in [0.1, 0.15) is 5.56 Å². The normalized spacial score (nSPS) is 19.1. The van der Waals surface area contributed by atoms with Crippen LogP contribution in [0.1, 0.15) is 36.0 Å². The van der Waals surface area contributed by atoms with Crippen LogP contribution in [0.3, 0.4) is 0 Å². The second kappa shape index (κ2) is 9.20. The van der Waals surface area contributed by atoms with Crippen LogP contribution in [0, 0.1) is 22.0 Å². The van der Waals surface area contributed by atoms with Gasteiger partial charge in [-0.3, -0.25) is 19.7 Å². The Morgan fingerprint density at radius 3 is 2.37 bits per heavy atom. The first-order chi connectivity index (χ1) is 12.9. The fraction of sp³-hybridized carbons (Fsp3) is 0.556. The molecule has 9 heteroatoms. The van der Waals surface area contributed by atoms with E-state index < -0.39 is 10.8 Å². The minimum atomic E-state index is -0.644. The molecule has 9 nitrogen and oxygen atoms in total. The zero-order chi connectivity index (χ0) is 20.0. The van der Waals surface area contributed by atoms with Gasteiger partial charge < -0.3 is 19.5 Å². The third-order valence-corrected chi connectivity index (χ3v) is 4.88. The second-order valence-corrected chi connectivity index (χ2v) is 6.37. The van der Waals surface area contributed by atoms with Crippen LogP contribution in [0.25, 0.3) is 0 Å². The number of carbonyl (C=O) groups excluding carboxylic acids is 2. The Morgan fingerprint density at radius 2 is 1.78 bits per heavy atom. The van der Waals surface area contributed by atoms with Crippen LogP contribution in [0.5, 0.6) is 11.5 Å². The van der Waals surface area contributed by atoms with Crippen molar-refractivity contribution in [1.29, 1.82) is 0 Å². The fourth-order valence-corrected chi connectivity index (χ4v) is 3.43. The smallest absolute Gasteiger partial charge is 0.309 e. The third-order valence-electron chi connectivity index (χ3n) is 4.88. The summed E-state index contributed by atoms with van der Waals surface area (Å²) in [5.41, 5.74) is -0.499. The number of ether oxygens (including phenoxy) is 3. The summed E-state index contributed by atoms with van der Waals surface area (Å²) in [6.07, 6.45) is 3.40. The molecule has 0 heterocycles. The van der Waals surface area contributed by atoms with E-state index in [0.29, 0.717) is 6.42 Å². The van der Waals surface area contributed by atoms with Gasteiger partial charge in [-0.15, -0.1) is 0 Å². The van der Waals surface area contributed by atoms with E-state index in [0.717, 1.165) is 25.3 Å². The standard InChI is InChI=1S/C18H24N2O7/c1-25-15-8-13(14(20(23)24)9-16(15)26-2)17(21)19-10-11-6-4-5-7-12(11)18(22)27-3/h8-9,11-12H,4-7,10H2,1-3H3,(H,19,21). The summed E-state index contributed by atoms with van der Waals surface area (Å²) >= 11 is 0. The maximum Gasteiger partial charge on any atom is 0.309 e. The highest BCUT2D eigenvalue weighted by molar-refractivity contribution is 5.99. The van der Waals surface area contributed by atoms with Crippen LogP contribution in [0.4, 0.5) is 5.69 Å². The van der Waals surface area contributed by atoms with Gasteiger partial charge >= 0.3 is 5.97 Å². The van der Waals surface area contributed by atoms with Crippen LogP contribution in [-0.4, -0.2) is 44.7 Å². The average molecular weight is 380 g/mol. The van der Waals surface area contributed by atoms with Crippen molar-refractivity contribution < 1.29 is 28.7 Å². The third kappa shape index (κ3) is 4.66. The highest BCUT2D eigenvalue weighted by Gasteiger charge is 2.32. The topological polar surface area (TPSA) is 117 Å². The van der Waals surface area contributed by atoms with Gasteiger partial charge in [-0.05, 0) is 18.8 Å². The summed E-state index contributed by atoms with van der Waals surface area (Å²) < 4.78 is 15.0. The molecule has 148 valence electrons. The summed E-state index contributed by atoms with van der Waals surface area (Å²) in [5, 5.41) is 14.1. The molecule has 1 N–H and O–H groups in total. The van der Waals surface area contributed by atoms with Gasteiger partial charge in [0, 0.05) is 12.6 Å². The molecule has 1 aliphatic rings. The molecular formula is C18H24N2O7. The van der Waals surface area contributed by atoms with Crippen molar-refractivity contribution in [2.75, 3.05) is 27.9 Å². The first-order valence-electron chi connectivity index (χ1n) is 8.69. The molecule has 0 aromatic heterocycles. The highest BCUT2D eigenvalue weighted by atomic mass is 16.6. The molecule has 0 saturated heterocycles. The van der Waals surface area contributed by atoms with Crippen molar-refractivity contribution in [3.05, 3.63) is 27.8 Å². The Hall–Kier alpha value is -2.84. The van der Waals surface area contributed by atoms with Crippen molar-refractivity contribution in [1.82, 2.24) is 5.32 Å². The van der Waals surface area contributed by atoms with Crippen molar-refractivity contribution >= 4 is 17.6 Å². The SMILES string of the molecule is COC(=O)C1CCCCC1CNC(=O)c1cc(OC)c(OC)cc1[N+](=O)[O-]. The van der Waals surface area contributed by atoms with Crippen LogP contribution in [-0.2, 0) is 9.53 Å². The Kier molecular flexibility index (Phi) is 6.98. The molecule has 1 amide bonds. The molecule has 0 aliphatic heterocycles. The molecule has 0 spiro atoms. The van der Waals surface area contributed by atoms with E-state index >= 15 is 0 Å². The number of hydrogen-bond donors (Lipinski definition) is 1. The number of amides is 1. The minimum absolute atomic E-state index is 0.0608. The van der Waals surface area contributed by atoms with Gasteiger partial charge in [-0.2, -0.15) is 0 Å². The maximum atomic E-state index is 12.6. The molecular weight excluding hydrogens is 356 g/mol. The van der Waals surface area contributed by atoms with E-state index in [1.54, 1.807) is 0 Å². The number of nitro benzene ring substituents is 1. The highest BCUT2D eigenvalue weighted by Crippen LogP contribution is 2.35. The van der Waals surface area contributed by atoms with E-state index in [2.05, 4.69) is 5.32 Å². The monoisotopic (exact) mass is 380 g/mol. The van der Waals surface area contributed by atoms with Gasteiger partial charge in [0.05, 0.1) is 38.2 Å². The van der Waals surface area contributed by atoms with Crippen molar-refractivity contribution in [3.63, 3.8) is 0 Å². The Labute approximate surface area is 157 Å². The number of rotatable bonds is 7. The molecule has 1 saturated carbocycles. The lowest BCUT2D eigenvalue weighted by Crippen LogP contribution is -2.37. The molecule has 1 aromatic carbocycles. The van der Waals surface area contributed by atoms with Crippen molar-refractivity contribution in [2.45, 2.75) is 25.7 Å². The first kappa shape index (κ1) is 20.5. The van der Waals surface area contributed by atoms with Crippen molar-refractivity contribution in [2.24, 2.45) is 11.8 Å². The van der Waals surface area contributed by atoms with E-state index in [4.69, 9.17) is 14.2 Å². The van der Waals surface area contributed by atoms with Crippen molar-refractivity contribution in [3.8, 4) is 11.5 Å². The number of esters is 1. The molecule has 1 aliphatic carbocycles. The number of hydrogen-bond acceptors (Lipinski definition) is 7. The van der Waals surface area contributed by atoms with Gasteiger partial charge in [0.15, 0.2) is 11.5 Å². The van der Waals surface area contributed by atoms with Gasteiger partial charge in [0.25, 0.3) is 11.6 Å². The molecule has 0 bridgehead atoms. The quantitative estimate of drug-likeness (QED) is 0.438. The lowest BCUT2D eigenvalue weighted by molar-refractivity contribution is -0.385. The summed E-state index contributed by atoms with van der Waals surface area (Å²) in [7, 11) is 4.09. The number of nitrogens with one attached hydrogen (secondary N) is 1. The number of methoxy groups -OCH3 is 3. The molecule has 1 aromatic rings. The van der Waals surface area contributed by atoms with E-state index in [1.165, 1.54) is 27.4 Å². The average Bonchev–Trinajstić information content (AvgIpc) is 2.70. The summed E-state index contributed by atoms with van der Waals surface area (Å²) in [6.45, 7) is 0.240. The van der Waals surface area contributed by atoms with Crippen LogP contribution in [0.2, 0.25) is 0 Å². The van der Waals surface area contributed by atoms with Crippen LogP contribution in [0.15, 0.2) is 12.1 Å². The molecule has 2 rings (SSSR count). The number of carbonyl (C=O) groups is 2. The summed E-state index contributed by atoms with van der Waals surface area (Å²) in [5.74, 6) is -0.834. The Balaban J connectivity index is 2.19. The molecule has 1 fully saturated rings. The molecule has 2 unspecified atom stereocenters. The zero-order valence-corrected chi connectivity index (χ0v) is 15.6. The number of nitro groups is 1. The predicted octanol–water partition coefficient (Wildman–Crippen LogP) is 2.32. The fourth-order valence-electron chi connectivity index (χ4n) is 3.43. The van der Waals surface area contributed by atoms with Crippen LogP contribution >= 0.6 is 0 Å². The van der Waals surface area contributed by atoms with Gasteiger partial charge in [-0.25, -0.2) is 0 Å². The molecule has 27 heavy (non-hydrogen) atoms. The van der Waals surface area contributed by atoms with E-state index in [1.807, 2.05) is 0 Å². The lowest BCUT2D eigenvalue weighted by atomic mass is 9.79.